The van der Waals surface area contributed by atoms with Gasteiger partial charge in [-0.1, -0.05) is 6.07 Å². The second-order valence-corrected chi connectivity index (χ2v) is 6.02. The third-order valence-corrected chi connectivity index (χ3v) is 4.59. The number of thiophene rings is 1. The fourth-order valence-electron chi connectivity index (χ4n) is 2.69. The van der Waals surface area contributed by atoms with E-state index in [-0.39, 0.29) is 5.91 Å². The Morgan fingerprint density at radius 3 is 2.95 bits per heavy atom. The number of aromatic nitrogens is 2. The lowest BCUT2D eigenvalue weighted by atomic mass is 10.0. The molecule has 0 atom stereocenters. The summed E-state index contributed by atoms with van der Waals surface area (Å²) in [6.45, 7) is 3.10. The number of esters is 1. The summed E-state index contributed by atoms with van der Waals surface area (Å²) in [5.74, 6) is -0.427. The van der Waals surface area contributed by atoms with E-state index in [0.717, 1.165) is 11.3 Å². The van der Waals surface area contributed by atoms with Gasteiger partial charge in [0.15, 0.2) is 5.69 Å². The molecule has 1 amide bonds. The fourth-order valence-corrected chi connectivity index (χ4v) is 3.38. The average molecular weight is 319 g/mol. The van der Waals surface area contributed by atoms with Crippen molar-refractivity contribution in [1.29, 1.82) is 0 Å². The lowest BCUT2D eigenvalue weighted by Gasteiger charge is -2.27. The van der Waals surface area contributed by atoms with Crippen molar-refractivity contribution in [3.63, 3.8) is 0 Å². The zero-order valence-corrected chi connectivity index (χ0v) is 13.4. The van der Waals surface area contributed by atoms with E-state index in [1.54, 1.807) is 16.5 Å². The van der Waals surface area contributed by atoms with Crippen LogP contribution in [-0.4, -0.2) is 39.7 Å². The molecule has 2 aromatic rings. The molecule has 3 heterocycles. The van der Waals surface area contributed by atoms with Crippen LogP contribution in [0.4, 0.5) is 0 Å². The van der Waals surface area contributed by atoms with Gasteiger partial charge in [0.05, 0.1) is 18.0 Å². The molecule has 0 radical (unpaired) electrons. The lowest BCUT2D eigenvalue weighted by Crippen LogP contribution is -2.36. The number of amides is 1. The van der Waals surface area contributed by atoms with Crippen LogP contribution in [0.15, 0.2) is 17.5 Å². The van der Waals surface area contributed by atoms with Crippen molar-refractivity contribution in [2.24, 2.45) is 7.05 Å². The minimum atomic E-state index is -0.426. The minimum absolute atomic E-state index is 0.000637. The molecule has 0 aliphatic carbocycles. The fraction of sp³-hybridized carbons (Fsp3) is 0.400. The second kappa shape index (κ2) is 5.92. The zero-order chi connectivity index (χ0) is 15.7. The second-order valence-electron chi connectivity index (χ2n) is 5.07. The topological polar surface area (TPSA) is 64.4 Å². The molecule has 0 fully saturated rings. The van der Waals surface area contributed by atoms with Crippen LogP contribution in [0.5, 0.6) is 0 Å². The van der Waals surface area contributed by atoms with Gasteiger partial charge in [0.1, 0.15) is 0 Å². The van der Waals surface area contributed by atoms with Crippen LogP contribution in [0.2, 0.25) is 0 Å². The van der Waals surface area contributed by atoms with Crippen molar-refractivity contribution in [1.82, 2.24) is 14.7 Å². The van der Waals surface area contributed by atoms with Gasteiger partial charge in [0.25, 0.3) is 5.91 Å². The van der Waals surface area contributed by atoms with E-state index in [9.17, 15) is 9.59 Å². The van der Waals surface area contributed by atoms with E-state index in [1.807, 2.05) is 24.6 Å². The number of carbonyl (C=O) groups excluding carboxylic acids is 2. The third-order valence-electron chi connectivity index (χ3n) is 3.73. The van der Waals surface area contributed by atoms with Crippen molar-refractivity contribution >= 4 is 23.2 Å². The average Bonchev–Trinajstić information content (AvgIpc) is 3.15. The molecule has 6 nitrogen and oxygen atoms in total. The SMILES string of the molecule is CCOC(=O)c1nn(C)c2c1CN(C(=O)c1cccs1)CC2. The predicted octanol–water partition coefficient (Wildman–Crippen LogP) is 1.86. The molecular weight excluding hydrogens is 302 g/mol. The molecule has 0 spiro atoms. The third kappa shape index (κ3) is 2.52. The summed E-state index contributed by atoms with van der Waals surface area (Å²) < 4.78 is 6.78. The molecular formula is C15H17N3O3S. The van der Waals surface area contributed by atoms with Gasteiger partial charge in [-0.3, -0.25) is 9.48 Å². The summed E-state index contributed by atoms with van der Waals surface area (Å²) in [5.41, 5.74) is 2.12. The van der Waals surface area contributed by atoms with Crippen LogP contribution < -0.4 is 0 Å². The first-order chi connectivity index (χ1) is 10.6. The highest BCUT2D eigenvalue weighted by Crippen LogP contribution is 2.25. The van der Waals surface area contributed by atoms with Crippen LogP contribution >= 0.6 is 11.3 Å². The predicted molar refractivity (Wildman–Crippen MR) is 81.9 cm³/mol. The normalized spacial score (nSPS) is 13.8. The minimum Gasteiger partial charge on any atom is -0.461 e. The van der Waals surface area contributed by atoms with E-state index in [0.29, 0.717) is 36.7 Å². The van der Waals surface area contributed by atoms with E-state index in [2.05, 4.69) is 5.10 Å². The Morgan fingerprint density at radius 2 is 2.27 bits per heavy atom. The van der Waals surface area contributed by atoms with Crippen molar-refractivity contribution in [3.8, 4) is 0 Å². The summed E-state index contributed by atoms with van der Waals surface area (Å²) in [7, 11) is 1.82. The largest absolute Gasteiger partial charge is 0.461 e. The highest BCUT2D eigenvalue weighted by atomic mass is 32.1. The number of carbonyl (C=O) groups is 2. The van der Waals surface area contributed by atoms with Gasteiger partial charge in [0.2, 0.25) is 0 Å². The van der Waals surface area contributed by atoms with Crippen molar-refractivity contribution in [2.75, 3.05) is 13.2 Å². The molecule has 7 heteroatoms. The van der Waals surface area contributed by atoms with Gasteiger partial charge in [-0.05, 0) is 18.4 Å². The molecule has 2 aromatic heterocycles. The Labute approximate surface area is 132 Å². The van der Waals surface area contributed by atoms with E-state index in [1.165, 1.54) is 11.3 Å². The highest BCUT2D eigenvalue weighted by Gasteiger charge is 2.30. The van der Waals surface area contributed by atoms with Gasteiger partial charge in [-0.25, -0.2) is 4.79 Å². The van der Waals surface area contributed by atoms with E-state index < -0.39 is 5.97 Å². The van der Waals surface area contributed by atoms with E-state index >= 15 is 0 Å². The molecule has 0 N–H and O–H groups in total. The summed E-state index contributed by atoms with van der Waals surface area (Å²) in [4.78, 5) is 27.0. The molecule has 0 saturated heterocycles. The molecule has 0 bridgehead atoms. The van der Waals surface area contributed by atoms with Crippen molar-refractivity contribution in [2.45, 2.75) is 19.9 Å². The van der Waals surface area contributed by atoms with Gasteiger partial charge in [-0.15, -0.1) is 11.3 Å². The number of ether oxygens (including phenoxy) is 1. The van der Waals surface area contributed by atoms with Crippen LogP contribution in [0.25, 0.3) is 0 Å². The number of rotatable bonds is 3. The Bertz CT molecular complexity index is 706. The van der Waals surface area contributed by atoms with Gasteiger partial charge in [0, 0.05) is 31.3 Å². The van der Waals surface area contributed by atoms with Gasteiger partial charge < -0.3 is 9.64 Å². The molecule has 1 aliphatic rings. The summed E-state index contributed by atoms with van der Waals surface area (Å²) in [5, 5.41) is 6.16. The molecule has 1 aliphatic heterocycles. The Kier molecular flexibility index (Phi) is 3.98. The van der Waals surface area contributed by atoms with Crippen LogP contribution in [0.3, 0.4) is 0 Å². The number of hydrogen-bond donors (Lipinski definition) is 0. The number of aryl methyl sites for hydroxylation is 1. The van der Waals surface area contributed by atoms with Crippen LogP contribution in [-0.2, 0) is 24.8 Å². The van der Waals surface area contributed by atoms with E-state index in [4.69, 9.17) is 4.74 Å². The zero-order valence-electron chi connectivity index (χ0n) is 12.5. The summed E-state index contributed by atoms with van der Waals surface area (Å²) in [6, 6.07) is 3.68. The molecule has 0 aromatic carbocycles. The number of hydrogen-bond acceptors (Lipinski definition) is 5. The monoisotopic (exact) mass is 319 g/mol. The van der Waals surface area contributed by atoms with Crippen LogP contribution in [0, 0.1) is 0 Å². The highest BCUT2D eigenvalue weighted by molar-refractivity contribution is 7.12. The van der Waals surface area contributed by atoms with Gasteiger partial charge in [-0.2, -0.15) is 5.10 Å². The summed E-state index contributed by atoms with van der Waals surface area (Å²) >= 11 is 1.43. The molecule has 116 valence electrons. The quantitative estimate of drug-likeness (QED) is 0.810. The van der Waals surface area contributed by atoms with Crippen molar-refractivity contribution < 1.29 is 14.3 Å². The first-order valence-corrected chi connectivity index (χ1v) is 8.04. The maximum absolute atomic E-state index is 12.5. The number of nitrogens with zero attached hydrogens (tertiary/aromatic N) is 3. The standard InChI is InChI=1S/C15H17N3O3S/c1-3-21-15(20)13-10-9-18(7-6-11(10)17(2)16-13)14(19)12-5-4-8-22-12/h4-5,8H,3,6-7,9H2,1-2H3. The van der Waals surface area contributed by atoms with Gasteiger partial charge >= 0.3 is 5.97 Å². The first kappa shape index (κ1) is 14.8. The Balaban J connectivity index is 1.88. The number of fused-ring (bicyclic) bond motifs is 1. The maximum atomic E-state index is 12.5. The lowest BCUT2D eigenvalue weighted by molar-refractivity contribution is 0.0513. The maximum Gasteiger partial charge on any atom is 0.359 e. The Morgan fingerprint density at radius 1 is 1.45 bits per heavy atom. The van der Waals surface area contributed by atoms with Crippen LogP contribution in [0.1, 0.15) is 38.3 Å². The molecule has 3 rings (SSSR count). The smallest absolute Gasteiger partial charge is 0.359 e. The molecule has 22 heavy (non-hydrogen) atoms. The molecule has 0 unspecified atom stereocenters. The summed E-state index contributed by atoms with van der Waals surface area (Å²) in [6.07, 6.45) is 0.690. The molecule has 0 saturated carbocycles. The van der Waals surface area contributed by atoms with Crippen molar-refractivity contribution in [3.05, 3.63) is 39.3 Å². The Hall–Kier alpha value is -2.15. The first-order valence-electron chi connectivity index (χ1n) is 7.16.